The lowest BCUT2D eigenvalue weighted by Crippen LogP contribution is -1.93. The van der Waals surface area contributed by atoms with Crippen LogP contribution in [0.15, 0.2) is 42.7 Å². The van der Waals surface area contributed by atoms with Crippen molar-refractivity contribution in [2.24, 2.45) is 0 Å². The summed E-state index contributed by atoms with van der Waals surface area (Å²) in [5.74, 6) is 0. The van der Waals surface area contributed by atoms with Crippen LogP contribution >= 0.6 is 11.6 Å². The van der Waals surface area contributed by atoms with E-state index in [1.165, 1.54) is 6.42 Å². The van der Waals surface area contributed by atoms with Crippen molar-refractivity contribution in [3.05, 3.63) is 48.3 Å². The molecular formula is C14H17ClN2. The second-order valence-corrected chi connectivity index (χ2v) is 4.69. The van der Waals surface area contributed by atoms with E-state index in [0.29, 0.717) is 0 Å². The third-order valence-electron chi connectivity index (χ3n) is 2.80. The van der Waals surface area contributed by atoms with Crippen molar-refractivity contribution in [1.82, 2.24) is 9.78 Å². The minimum absolute atomic E-state index is 0.0763. The summed E-state index contributed by atoms with van der Waals surface area (Å²) < 4.78 is 1.87. The maximum Gasteiger partial charge on any atom is 0.0645 e. The number of para-hydroxylation sites is 1. The molecule has 0 saturated heterocycles. The molecule has 1 aromatic carbocycles. The molecule has 0 radical (unpaired) electrons. The zero-order chi connectivity index (χ0) is 12.1. The van der Waals surface area contributed by atoms with E-state index >= 15 is 0 Å². The Balaban J connectivity index is 2.11. The lowest BCUT2D eigenvalue weighted by Gasteiger charge is -2.05. The van der Waals surface area contributed by atoms with E-state index < -0.39 is 0 Å². The first-order valence-electron chi connectivity index (χ1n) is 6.05. The third-order valence-corrected chi connectivity index (χ3v) is 3.27. The van der Waals surface area contributed by atoms with Gasteiger partial charge in [0.1, 0.15) is 0 Å². The Kier molecular flexibility index (Phi) is 4.21. The van der Waals surface area contributed by atoms with Crippen LogP contribution in [-0.4, -0.2) is 9.78 Å². The van der Waals surface area contributed by atoms with Crippen molar-refractivity contribution >= 4 is 11.6 Å². The summed E-state index contributed by atoms with van der Waals surface area (Å²) >= 11 is 6.33. The molecule has 1 unspecified atom stereocenters. The standard InChI is InChI=1S/C14H17ClN2/c1-2-3-9-14(15)12-10-16-17(11-12)13-7-5-4-6-8-13/h4-8,10-11,14H,2-3,9H2,1H3. The zero-order valence-corrected chi connectivity index (χ0v) is 10.8. The summed E-state index contributed by atoms with van der Waals surface area (Å²) in [5, 5.41) is 4.42. The average Bonchev–Trinajstić information content (AvgIpc) is 2.86. The minimum atomic E-state index is 0.0763. The van der Waals surface area contributed by atoms with Gasteiger partial charge in [-0.15, -0.1) is 11.6 Å². The van der Waals surface area contributed by atoms with E-state index in [-0.39, 0.29) is 5.38 Å². The van der Waals surface area contributed by atoms with Gasteiger partial charge in [-0.25, -0.2) is 4.68 Å². The fraction of sp³-hybridized carbons (Fsp3) is 0.357. The van der Waals surface area contributed by atoms with Gasteiger partial charge in [0.15, 0.2) is 0 Å². The molecule has 2 nitrogen and oxygen atoms in total. The zero-order valence-electron chi connectivity index (χ0n) is 10.0. The second kappa shape index (κ2) is 5.87. The number of aromatic nitrogens is 2. The van der Waals surface area contributed by atoms with Crippen molar-refractivity contribution < 1.29 is 0 Å². The smallest absolute Gasteiger partial charge is 0.0645 e. The molecule has 0 saturated carbocycles. The SMILES string of the molecule is CCCCC(Cl)c1cnn(-c2ccccc2)c1. The Hall–Kier alpha value is -1.28. The van der Waals surface area contributed by atoms with Crippen LogP contribution in [0, 0.1) is 0 Å². The van der Waals surface area contributed by atoms with E-state index in [2.05, 4.69) is 12.0 Å². The number of hydrogen-bond acceptors (Lipinski definition) is 1. The highest BCUT2D eigenvalue weighted by Gasteiger charge is 2.10. The van der Waals surface area contributed by atoms with Crippen molar-refractivity contribution in [3.63, 3.8) is 0 Å². The van der Waals surface area contributed by atoms with Crippen molar-refractivity contribution in [2.75, 3.05) is 0 Å². The molecular weight excluding hydrogens is 232 g/mol. The van der Waals surface area contributed by atoms with Gasteiger partial charge in [0.05, 0.1) is 17.3 Å². The Bertz CT molecular complexity index is 450. The fourth-order valence-corrected chi connectivity index (χ4v) is 2.04. The first-order valence-corrected chi connectivity index (χ1v) is 6.49. The first kappa shape index (κ1) is 12.2. The molecule has 0 aliphatic heterocycles. The summed E-state index contributed by atoms with van der Waals surface area (Å²) in [6, 6.07) is 10.1. The van der Waals surface area contributed by atoms with Crippen molar-refractivity contribution in [1.29, 1.82) is 0 Å². The highest BCUT2D eigenvalue weighted by atomic mass is 35.5. The number of rotatable bonds is 5. The number of benzene rings is 1. The van der Waals surface area contributed by atoms with E-state index in [1.807, 2.05) is 47.4 Å². The average molecular weight is 249 g/mol. The summed E-state index contributed by atoms with van der Waals surface area (Å²) in [6.07, 6.45) is 7.22. The molecule has 1 heterocycles. The summed E-state index contributed by atoms with van der Waals surface area (Å²) in [7, 11) is 0. The lowest BCUT2D eigenvalue weighted by molar-refractivity contribution is 0.700. The van der Waals surface area contributed by atoms with Crippen LogP contribution in [0.5, 0.6) is 0 Å². The first-order chi connectivity index (χ1) is 8.31. The van der Waals surface area contributed by atoms with E-state index in [4.69, 9.17) is 11.6 Å². The second-order valence-electron chi connectivity index (χ2n) is 4.16. The number of hydrogen-bond donors (Lipinski definition) is 0. The molecule has 0 aliphatic rings. The van der Waals surface area contributed by atoms with Crippen LogP contribution in [-0.2, 0) is 0 Å². The summed E-state index contributed by atoms with van der Waals surface area (Å²) in [6.45, 7) is 2.18. The van der Waals surface area contributed by atoms with Gasteiger partial charge in [0.2, 0.25) is 0 Å². The monoisotopic (exact) mass is 248 g/mol. The van der Waals surface area contributed by atoms with Crippen molar-refractivity contribution in [2.45, 2.75) is 31.6 Å². The molecule has 0 spiro atoms. The highest BCUT2D eigenvalue weighted by molar-refractivity contribution is 6.20. The quantitative estimate of drug-likeness (QED) is 0.720. The Morgan fingerprint density at radius 1 is 1.29 bits per heavy atom. The van der Waals surface area contributed by atoms with Crippen LogP contribution < -0.4 is 0 Å². The molecule has 0 N–H and O–H groups in total. The Morgan fingerprint density at radius 2 is 2.06 bits per heavy atom. The molecule has 17 heavy (non-hydrogen) atoms. The maximum atomic E-state index is 6.33. The molecule has 3 heteroatoms. The summed E-state index contributed by atoms with van der Waals surface area (Å²) in [5.41, 5.74) is 2.17. The van der Waals surface area contributed by atoms with Crippen molar-refractivity contribution in [3.8, 4) is 5.69 Å². The Labute approximate surface area is 107 Å². The van der Waals surface area contributed by atoms with Gasteiger partial charge in [0, 0.05) is 11.8 Å². The molecule has 2 aromatic rings. The fourth-order valence-electron chi connectivity index (χ4n) is 1.77. The van der Waals surface area contributed by atoms with Gasteiger partial charge in [-0.05, 0) is 18.6 Å². The molecule has 2 rings (SSSR count). The van der Waals surface area contributed by atoms with Gasteiger partial charge < -0.3 is 0 Å². The summed E-state index contributed by atoms with van der Waals surface area (Å²) in [4.78, 5) is 0. The predicted molar refractivity (Wildman–Crippen MR) is 71.7 cm³/mol. The third kappa shape index (κ3) is 3.10. The molecule has 0 aliphatic carbocycles. The molecule has 0 fully saturated rings. The van der Waals surface area contributed by atoms with Crippen LogP contribution in [0.1, 0.15) is 37.1 Å². The molecule has 0 amide bonds. The van der Waals surface area contributed by atoms with Gasteiger partial charge in [-0.1, -0.05) is 38.0 Å². The largest absolute Gasteiger partial charge is 0.241 e. The predicted octanol–water partition coefficient (Wildman–Crippen LogP) is 4.34. The number of unbranched alkanes of at least 4 members (excludes halogenated alkanes) is 1. The van der Waals surface area contributed by atoms with Crippen LogP contribution in [0.25, 0.3) is 5.69 Å². The van der Waals surface area contributed by atoms with Crippen LogP contribution in [0.4, 0.5) is 0 Å². The normalized spacial score (nSPS) is 12.6. The van der Waals surface area contributed by atoms with Gasteiger partial charge in [-0.2, -0.15) is 5.10 Å². The van der Waals surface area contributed by atoms with Crippen LogP contribution in [0.3, 0.4) is 0 Å². The van der Waals surface area contributed by atoms with E-state index in [9.17, 15) is 0 Å². The maximum absolute atomic E-state index is 6.33. The van der Waals surface area contributed by atoms with E-state index in [0.717, 1.165) is 24.1 Å². The lowest BCUT2D eigenvalue weighted by atomic mass is 10.1. The molecule has 1 atom stereocenters. The van der Waals surface area contributed by atoms with Crippen LogP contribution in [0.2, 0.25) is 0 Å². The Morgan fingerprint density at radius 3 is 2.76 bits per heavy atom. The van der Waals surface area contributed by atoms with Gasteiger partial charge >= 0.3 is 0 Å². The number of alkyl halides is 1. The highest BCUT2D eigenvalue weighted by Crippen LogP contribution is 2.26. The minimum Gasteiger partial charge on any atom is -0.241 e. The molecule has 1 aromatic heterocycles. The number of halogens is 1. The van der Waals surface area contributed by atoms with Gasteiger partial charge in [-0.3, -0.25) is 0 Å². The van der Waals surface area contributed by atoms with E-state index in [1.54, 1.807) is 0 Å². The molecule has 0 bridgehead atoms. The molecule has 90 valence electrons. The topological polar surface area (TPSA) is 17.8 Å². The number of nitrogens with zero attached hydrogens (tertiary/aromatic N) is 2. The van der Waals surface area contributed by atoms with Gasteiger partial charge in [0.25, 0.3) is 0 Å².